The number of carbonyl (C=O) groups is 4. The van der Waals surface area contributed by atoms with Crippen molar-refractivity contribution in [1.82, 2.24) is 29.7 Å². The first-order valence-electron chi connectivity index (χ1n) is 19.4. The van der Waals surface area contributed by atoms with Crippen molar-refractivity contribution in [1.29, 1.82) is 0 Å². The maximum absolute atomic E-state index is 14.2. The number of nitrogens with zero attached hydrogens (tertiary/aromatic N) is 6. The number of likely N-dealkylation sites (tertiary alicyclic amines) is 2. The lowest BCUT2D eigenvalue weighted by Crippen LogP contribution is -2.41. The SMILES string of the molecule is C.CC(=O)N1CCC(N)CC1.CCS(=O)(=O)c1ncc(C(=O)c2c(OC)ccc(F)c2F)c(N)n1.COc1ccc(F)c(F)c1C(=O)c1cnc(NC2CCN(C(C)=O)CC2)nc1N. The van der Waals surface area contributed by atoms with E-state index >= 15 is 0 Å². The normalized spacial score (nSPS) is 14.2. The largest absolute Gasteiger partial charge is 0.496 e. The number of piperidine rings is 2. The minimum absolute atomic E-state index is 0. The minimum atomic E-state index is -3.73. The number of aromatic nitrogens is 4. The van der Waals surface area contributed by atoms with Gasteiger partial charge in [0.15, 0.2) is 23.3 Å². The van der Waals surface area contributed by atoms with Crippen molar-refractivity contribution < 1.29 is 54.6 Å². The molecule has 18 nitrogen and oxygen atoms in total. The summed E-state index contributed by atoms with van der Waals surface area (Å²) in [4.78, 5) is 66.3. The number of nitrogens with one attached hydrogen (secondary N) is 1. The second-order valence-electron chi connectivity index (χ2n) is 14.2. The topological polar surface area (TPSA) is 269 Å². The second kappa shape index (κ2) is 22.7. The molecular formula is C41H52F4N10O8S. The molecule has 2 saturated heterocycles. The molecule has 2 fully saturated rings. The molecule has 0 radical (unpaired) electrons. The van der Waals surface area contributed by atoms with Crippen molar-refractivity contribution >= 4 is 50.8 Å². The number of ketones is 2. The number of hydrogen-bond acceptors (Lipinski definition) is 16. The third kappa shape index (κ3) is 12.6. The number of benzene rings is 2. The van der Waals surface area contributed by atoms with E-state index in [0.29, 0.717) is 19.1 Å². The molecule has 2 aromatic carbocycles. The molecule has 2 aliphatic rings. The van der Waals surface area contributed by atoms with E-state index in [9.17, 15) is 45.2 Å². The third-order valence-electron chi connectivity index (χ3n) is 10.0. The maximum Gasteiger partial charge on any atom is 0.249 e. The number of halogens is 4. The first kappa shape index (κ1) is 51.9. The molecule has 2 aliphatic heterocycles. The highest BCUT2D eigenvalue weighted by Crippen LogP contribution is 2.29. The van der Waals surface area contributed by atoms with Gasteiger partial charge >= 0.3 is 0 Å². The quantitative estimate of drug-likeness (QED) is 0.0996. The van der Waals surface area contributed by atoms with Crippen LogP contribution in [0, 0.1) is 23.3 Å². The van der Waals surface area contributed by atoms with Crippen LogP contribution in [-0.2, 0) is 19.4 Å². The van der Waals surface area contributed by atoms with Crippen LogP contribution >= 0.6 is 0 Å². The van der Waals surface area contributed by atoms with Crippen LogP contribution in [0.25, 0.3) is 0 Å². The van der Waals surface area contributed by atoms with Crippen LogP contribution in [0.1, 0.15) is 85.7 Å². The average molecular weight is 921 g/mol. The molecule has 4 aromatic rings. The Bertz CT molecular complexity index is 2450. The molecule has 2 amide bonds. The van der Waals surface area contributed by atoms with Gasteiger partial charge in [0.25, 0.3) is 0 Å². The lowest BCUT2D eigenvalue weighted by atomic mass is 10.0. The van der Waals surface area contributed by atoms with Gasteiger partial charge in [0, 0.05) is 64.5 Å². The van der Waals surface area contributed by atoms with Crippen LogP contribution in [-0.4, -0.2) is 120 Å². The molecule has 23 heteroatoms. The monoisotopic (exact) mass is 920 g/mol. The molecule has 0 aliphatic carbocycles. The van der Waals surface area contributed by atoms with Crippen LogP contribution < -0.4 is 32.0 Å². The van der Waals surface area contributed by atoms with E-state index in [-0.39, 0.29) is 65.4 Å². The molecule has 64 heavy (non-hydrogen) atoms. The van der Waals surface area contributed by atoms with Gasteiger partial charge in [-0.05, 0) is 49.9 Å². The Kier molecular flexibility index (Phi) is 18.4. The lowest BCUT2D eigenvalue weighted by Gasteiger charge is -2.31. The second-order valence-corrected chi connectivity index (χ2v) is 16.3. The highest BCUT2D eigenvalue weighted by Gasteiger charge is 2.28. The third-order valence-corrected chi connectivity index (χ3v) is 11.5. The average Bonchev–Trinajstić information content (AvgIpc) is 3.25. The van der Waals surface area contributed by atoms with Crippen LogP contribution in [0.5, 0.6) is 11.5 Å². The van der Waals surface area contributed by atoms with E-state index < -0.39 is 66.8 Å². The molecule has 7 N–H and O–H groups in total. The molecule has 4 heterocycles. The molecule has 0 saturated carbocycles. The van der Waals surface area contributed by atoms with Gasteiger partial charge < -0.3 is 41.8 Å². The Labute approximate surface area is 367 Å². The molecule has 0 atom stereocenters. The molecule has 2 aromatic heterocycles. The Balaban J connectivity index is 0.000000280. The standard InChI is InChI=1S/C19H21F2N5O3.C14H13F2N3O4S.C7H14N2O.CH4/c1-10(27)26-7-5-11(6-8-26)24-19-23-9-12(18(22)25-19)17(28)15-14(29-2)4-3-13(20)16(15)21;1-3-24(21,22)14-18-6-7(13(17)19-14)12(20)10-9(23-2)5-4-8(15)11(10)16;1-6(10)9-4-2-7(8)3-5-9;/h3-4,9,11H,5-8H2,1-2H3,(H3,22,23,24,25);4-6H,3H2,1-2H3,(H2,17,18,19);7H,2-5,8H2,1H3;1H4. The molecule has 6 rings (SSSR count). The number of ether oxygens (including phenoxy) is 2. The number of nitrogen functional groups attached to an aromatic ring is 2. The summed E-state index contributed by atoms with van der Waals surface area (Å²) in [5.41, 5.74) is 15.4. The highest BCUT2D eigenvalue weighted by atomic mass is 32.2. The van der Waals surface area contributed by atoms with Crippen LogP contribution in [0.4, 0.5) is 35.1 Å². The summed E-state index contributed by atoms with van der Waals surface area (Å²) < 4.78 is 88.4. The summed E-state index contributed by atoms with van der Waals surface area (Å²) in [5, 5.41) is 2.57. The van der Waals surface area contributed by atoms with Gasteiger partial charge in [0.05, 0.1) is 31.1 Å². The predicted molar refractivity (Wildman–Crippen MR) is 228 cm³/mol. The summed E-state index contributed by atoms with van der Waals surface area (Å²) in [7, 11) is -1.30. The Hall–Kier alpha value is -6.49. The van der Waals surface area contributed by atoms with Gasteiger partial charge in [-0.1, -0.05) is 14.4 Å². The van der Waals surface area contributed by atoms with Crippen molar-refractivity contribution in [2.45, 2.75) is 71.1 Å². The predicted octanol–water partition coefficient (Wildman–Crippen LogP) is 3.96. The van der Waals surface area contributed by atoms with Gasteiger partial charge in [-0.2, -0.15) is 4.98 Å². The molecule has 0 bridgehead atoms. The van der Waals surface area contributed by atoms with E-state index in [2.05, 4.69) is 25.3 Å². The van der Waals surface area contributed by atoms with E-state index in [1.165, 1.54) is 34.3 Å². The smallest absolute Gasteiger partial charge is 0.249 e. The number of amides is 2. The van der Waals surface area contributed by atoms with E-state index in [4.69, 9.17) is 26.7 Å². The number of nitrogens with two attached hydrogens (primary N) is 3. The number of sulfone groups is 1. The fourth-order valence-electron chi connectivity index (χ4n) is 6.31. The lowest BCUT2D eigenvalue weighted by molar-refractivity contribution is -0.130. The first-order chi connectivity index (χ1) is 29.7. The number of methoxy groups -OCH3 is 2. The fourth-order valence-corrected chi connectivity index (χ4v) is 7.01. The molecule has 348 valence electrons. The van der Waals surface area contributed by atoms with Crippen LogP contribution in [0.2, 0.25) is 0 Å². The minimum Gasteiger partial charge on any atom is -0.496 e. The number of anilines is 3. The molecule has 0 spiro atoms. The Morgan fingerprint density at radius 1 is 0.734 bits per heavy atom. The zero-order valence-corrected chi connectivity index (χ0v) is 35.9. The van der Waals surface area contributed by atoms with Crippen molar-refractivity contribution in [3.05, 3.63) is 82.2 Å². The zero-order valence-electron chi connectivity index (χ0n) is 35.1. The molecule has 0 unspecified atom stereocenters. The van der Waals surface area contributed by atoms with Crippen molar-refractivity contribution in [3.63, 3.8) is 0 Å². The summed E-state index contributed by atoms with van der Waals surface area (Å²) in [5.74, 6) is -7.86. The Morgan fingerprint density at radius 3 is 1.55 bits per heavy atom. The number of hydrogen-bond donors (Lipinski definition) is 4. The van der Waals surface area contributed by atoms with Gasteiger partial charge in [0.2, 0.25) is 44.3 Å². The fraction of sp³-hybridized carbons (Fsp3) is 0.415. The summed E-state index contributed by atoms with van der Waals surface area (Å²) >= 11 is 0. The summed E-state index contributed by atoms with van der Waals surface area (Å²) in [6, 6.07) is 4.28. The highest BCUT2D eigenvalue weighted by molar-refractivity contribution is 7.91. The van der Waals surface area contributed by atoms with Crippen molar-refractivity contribution in [2.75, 3.05) is 62.9 Å². The van der Waals surface area contributed by atoms with Gasteiger partial charge in [-0.15, -0.1) is 0 Å². The number of carbonyl (C=O) groups excluding carboxylic acids is 4. The summed E-state index contributed by atoms with van der Waals surface area (Å²) in [6.45, 7) is 7.46. The van der Waals surface area contributed by atoms with Crippen molar-refractivity contribution in [2.24, 2.45) is 5.73 Å². The number of rotatable bonds is 10. The molecular weight excluding hydrogens is 869 g/mol. The van der Waals surface area contributed by atoms with Gasteiger partial charge in [0.1, 0.15) is 34.3 Å². The summed E-state index contributed by atoms with van der Waals surface area (Å²) in [6.07, 6.45) is 5.38. The van der Waals surface area contributed by atoms with Gasteiger partial charge in [-0.3, -0.25) is 19.2 Å². The Morgan fingerprint density at radius 2 is 1.16 bits per heavy atom. The van der Waals surface area contributed by atoms with Gasteiger partial charge in [-0.25, -0.2) is 40.9 Å². The zero-order chi connectivity index (χ0) is 46.8. The van der Waals surface area contributed by atoms with E-state index in [0.717, 1.165) is 69.2 Å². The van der Waals surface area contributed by atoms with E-state index in [1.54, 1.807) is 11.8 Å². The van der Waals surface area contributed by atoms with Crippen molar-refractivity contribution in [3.8, 4) is 11.5 Å². The first-order valence-corrected chi connectivity index (χ1v) is 21.0. The van der Waals surface area contributed by atoms with E-state index in [1.807, 2.05) is 4.90 Å². The van der Waals surface area contributed by atoms with Crippen LogP contribution in [0.15, 0.2) is 41.8 Å². The van der Waals surface area contributed by atoms with Crippen LogP contribution in [0.3, 0.4) is 0 Å². The maximum atomic E-state index is 14.2.